The van der Waals surface area contributed by atoms with Gasteiger partial charge in [0.1, 0.15) is 5.75 Å². The van der Waals surface area contributed by atoms with Crippen LogP contribution in [0.3, 0.4) is 0 Å². The van der Waals surface area contributed by atoms with Gasteiger partial charge in [-0.2, -0.15) is 0 Å². The molecule has 2 aromatic rings. The number of anilines is 1. The predicted molar refractivity (Wildman–Crippen MR) is 109 cm³/mol. The molecule has 0 aliphatic carbocycles. The molecular formula is C22H21NO7. The molecule has 1 heterocycles. The van der Waals surface area contributed by atoms with E-state index in [-0.39, 0.29) is 18.1 Å². The number of hydrogen-bond acceptors (Lipinski definition) is 7. The minimum absolute atomic E-state index is 0.114. The number of Topliss-reactive ketones (excluding diaryl/α,β-unsaturated/α-hetero) is 1. The van der Waals surface area contributed by atoms with E-state index in [2.05, 4.69) is 5.32 Å². The van der Waals surface area contributed by atoms with Crippen molar-refractivity contribution >= 4 is 29.4 Å². The lowest BCUT2D eigenvalue weighted by Crippen LogP contribution is -2.12. The van der Waals surface area contributed by atoms with Crippen molar-refractivity contribution in [2.45, 2.75) is 6.42 Å². The molecule has 1 N–H and O–H groups in total. The zero-order valence-corrected chi connectivity index (χ0v) is 16.8. The Labute approximate surface area is 173 Å². The maximum absolute atomic E-state index is 12.3. The number of ketones is 1. The zero-order chi connectivity index (χ0) is 21.7. The second-order valence-corrected chi connectivity index (χ2v) is 6.41. The van der Waals surface area contributed by atoms with Crippen LogP contribution in [-0.4, -0.2) is 45.6 Å². The fourth-order valence-electron chi connectivity index (χ4n) is 3.01. The highest BCUT2D eigenvalue weighted by Crippen LogP contribution is 2.35. The second kappa shape index (κ2) is 9.13. The SMILES string of the molecule is COc1cc(OC)c(OC)cc1/C=C/C(=O)OCC(=O)c1ccc2c(c1)CC(=O)N2. The minimum Gasteiger partial charge on any atom is -0.496 e. The average molecular weight is 411 g/mol. The van der Waals surface area contributed by atoms with E-state index in [1.54, 1.807) is 30.3 Å². The minimum atomic E-state index is -0.682. The maximum atomic E-state index is 12.3. The average Bonchev–Trinajstić information content (AvgIpc) is 3.14. The lowest BCUT2D eigenvalue weighted by molar-refractivity contribution is -0.136. The first-order valence-corrected chi connectivity index (χ1v) is 9.06. The first-order chi connectivity index (χ1) is 14.4. The van der Waals surface area contributed by atoms with Crippen molar-refractivity contribution in [2.75, 3.05) is 33.3 Å². The number of methoxy groups -OCH3 is 3. The van der Waals surface area contributed by atoms with E-state index in [1.807, 2.05) is 0 Å². The highest BCUT2D eigenvalue weighted by Gasteiger charge is 2.19. The van der Waals surface area contributed by atoms with E-state index in [9.17, 15) is 14.4 Å². The third kappa shape index (κ3) is 4.60. The molecule has 0 saturated heterocycles. The van der Waals surface area contributed by atoms with E-state index in [0.717, 1.165) is 5.56 Å². The van der Waals surface area contributed by atoms with Crippen molar-refractivity contribution < 1.29 is 33.3 Å². The number of amides is 1. The molecule has 1 amide bonds. The Morgan fingerprint density at radius 1 is 1.00 bits per heavy atom. The van der Waals surface area contributed by atoms with E-state index >= 15 is 0 Å². The van der Waals surface area contributed by atoms with Gasteiger partial charge in [-0.15, -0.1) is 0 Å². The van der Waals surface area contributed by atoms with Crippen LogP contribution in [0.4, 0.5) is 5.69 Å². The van der Waals surface area contributed by atoms with Gasteiger partial charge in [0, 0.05) is 29.0 Å². The largest absolute Gasteiger partial charge is 0.496 e. The molecule has 0 unspecified atom stereocenters. The van der Waals surface area contributed by atoms with Gasteiger partial charge in [-0.1, -0.05) is 0 Å². The quantitative estimate of drug-likeness (QED) is 0.405. The Bertz CT molecular complexity index is 1030. The Kier molecular flexibility index (Phi) is 6.36. The fourth-order valence-corrected chi connectivity index (χ4v) is 3.01. The van der Waals surface area contributed by atoms with Crippen LogP contribution in [-0.2, 0) is 20.7 Å². The van der Waals surface area contributed by atoms with Crippen LogP contribution in [0.2, 0.25) is 0 Å². The Balaban J connectivity index is 1.63. The number of hydrogen-bond donors (Lipinski definition) is 1. The summed E-state index contributed by atoms with van der Waals surface area (Å²) in [4.78, 5) is 35.8. The summed E-state index contributed by atoms with van der Waals surface area (Å²) in [6.45, 7) is -0.410. The normalized spacial score (nSPS) is 12.3. The number of benzene rings is 2. The van der Waals surface area contributed by atoms with Crippen molar-refractivity contribution in [1.29, 1.82) is 0 Å². The number of carbonyl (C=O) groups excluding carboxylic acids is 3. The third-order valence-electron chi connectivity index (χ3n) is 4.53. The molecule has 0 bridgehead atoms. The van der Waals surface area contributed by atoms with E-state index in [4.69, 9.17) is 18.9 Å². The molecule has 2 aromatic carbocycles. The van der Waals surface area contributed by atoms with Gasteiger partial charge in [0.05, 0.1) is 27.8 Å². The van der Waals surface area contributed by atoms with Gasteiger partial charge < -0.3 is 24.3 Å². The zero-order valence-electron chi connectivity index (χ0n) is 16.8. The van der Waals surface area contributed by atoms with Gasteiger partial charge in [0.2, 0.25) is 5.91 Å². The lowest BCUT2D eigenvalue weighted by atomic mass is 10.1. The van der Waals surface area contributed by atoms with Crippen LogP contribution in [0.15, 0.2) is 36.4 Å². The van der Waals surface area contributed by atoms with E-state index < -0.39 is 12.6 Å². The van der Waals surface area contributed by atoms with Crippen LogP contribution in [0, 0.1) is 0 Å². The summed E-state index contributed by atoms with van der Waals surface area (Å²) in [6.07, 6.45) is 2.93. The van der Waals surface area contributed by atoms with Crippen molar-refractivity contribution in [2.24, 2.45) is 0 Å². The monoisotopic (exact) mass is 411 g/mol. The number of rotatable bonds is 8. The molecule has 0 saturated carbocycles. The number of fused-ring (bicyclic) bond motifs is 1. The fraction of sp³-hybridized carbons (Fsp3) is 0.227. The van der Waals surface area contributed by atoms with Gasteiger partial charge in [0.15, 0.2) is 23.9 Å². The van der Waals surface area contributed by atoms with Crippen molar-refractivity contribution in [3.63, 3.8) is 0 Å². The standard InChI is InChI=1S/C22H21NO7/c1-27-18-11-20(29-3)19(28-2)9-14(18)5-7-22(26)30-12-17(24)13-4-6-16-15(8-13)10-21(25)23-16/h4-9,11H,10,12H2,1-3H3,(H,23,25)/b7-5+. The van der Waals surface area contributed by atoms with Gasteiger partial charge in [-0.25, -0.2) is 4.79 Å². The summed E-state index contributed by atoms with van der Waals surface area (Å²) in [5.41, 5.74) is 2.40. The molecule has 0 fully saturated rings. The molecule has 1 aliphatic rings. The summed E-state index contributed by atoms with van der Waals surface area (Å²) in [7, 11) is 4.51. The van der Waals surface area contributed by atoms with Crippen LogP contribution in [0.1, 0.15) is 21.5 Å². The van der Waals surface area contributed by atoms with Gasteiger partial charge in [-0.05, 0) is 35.9 Å². The number of esters is 1. The van der Waals surface area contributed by atoms with Crippen LogP contribution in [0.25, 0.3) is 6.08 Å². The van der Waals surface area contributed by atoms with Crippen LogP contribution >= 0.6 is 0 Å². The number of nitrogens with one attached hydrogen (secondary N) is 1. The Morgan fingerprint density at radius 2 is 1.70 bits per heavy atom. The number of carbonyl (C=O) groups is 3. The third-order valence-corrected chi connectivity index (χ3v) is 4.53. The summed E-state index contributed by atoms with van der Waals surface area (Å²) in [5.74, 6) is 0.295. The molecule has 8 nitrogen and oxygen atoms in total. The molecular weight excluding hydrogens is 390 g/mol. The van der Waals surface area contributed by atoms with Crippen LogP contribution in [0.5, 0.6) is 17.2 Å². The molecule has 3 rings (SSSR count). The molecule has 156 valence electrons. The molecule has 1 aliphatic heterocycles. The van der Waals surface area contributed by atoms with Crippen molar-refractivity contribution in [1.82, 2.24) is 0 Å². The van der Waals surface area contributed by atoms with Gasteiger partial charge >= 0.3 is 5.97 Å². The topological polar surface area (TPSA) is 100 Å². The first-order valence-electron chi connectivity index (χ1n) is 9.06. The van der Waals surface area contributed by atoms with Gasteiger partial charge in [0.25, 0.3) is 0 Å². The first kappa shape index (κ1) is 20.9. The highest BCUT2D eigenvalue weighted by atomic mass is 16.5. The smallest absolute Gasteiger partial charge is 0.331 e. The predicted octanol–water partition coefficient (Wildman–Crippen LogP) is 2.65. The molecule has 0 radical (unpaired) electrons. The van der Waals surface area contributed by atoms with E-state index in [0.29, 0.717) is 34.1 Å². The molecule has 0 aromatic heterocycles. The Hall–Kier alpha value is -3.81. The molecule has 0 atom stereocenters. The second-order valence-electron chi connectivity index (χ2n) is 6.41. The summed E-state index contributed by atoms with van der Waals surface area (Å²) >= 11 is 0. The molecule has 8 heteroatoms. The van der Waals surface area contributed by atoms with Gasteiger partial charge in [-0.3, -0.25) is 9.59 Å². The molecule has 30 heavy (non-hydrogen) atoms. The lowest BCUT2D eigenvalue weighted by Gasteiger charge is -2.12. The number of ether oxygens (including phenoxy) is 4. The van der Waals surface area contributed by atoms with E-state index in [1.165, 1.54) is 33.5 Å². The van der Waals surface area contributed by atoms with Crippen LogP contribution < -0.4 is 19.5 Å². The van der Waals surface area contributed by atoms with Crippen molar-refractivity contribution in [3.05, 3.63) is 53.1 Å². The summed E-state index contributed by atoms with van der Waals surface area (Å²) in [5, 5.41) is 2.70. The Morgan fingerprint density at radius 3 is 2.40 bits per heavy atom. The summed E-state index contributed by atoms with van der Waals surface area (Å²) < 4.78 is 20.8. The highest BCUT2D eigenvalue weighted by molar-refractivity contribution is 6.03. The molecule has 0 spiro atoms. The summed E-state index contributed by atoms with van der Waals surface area (Å²) in [6, 6.07) is 8.19. The maximum Gasteiger partial charge on any atom is 0.331 e. The van der Waals surface area contributed by atoms with Crippen molar-refractivity contribution in [3.8, 4) is 17.2 Å².